The third-order valence-electron chi connectivity index (χ3n) is 5.43. The summed E-state index contributed by atoms with van der Waals surface area (Å²) in [6.45, 7) is 5.67. The van der Waals surface area contributed by atoms with Gasteiger partial charge in [0.05, 0.1) is 23.4 Å². The number of halogens is 3. The van der Waals surface area contributed by atoms with Crippen molar-refractivity contribution in [2.24, 2.45) is 13.0 Å². The zero-order valence-electron chi connectivity index (χ0n) is 18.8. The van der Waals surface area contributed by atoms with Crippen LogP contribution in [0, 0.1) is 12.8 Å². The number of hydrogen-bond acceptors (Lipinski definition) is 7. The highest BCUT2D eigenvalue weighted by molar-refractivity contribution is 5.61. The molecule has 0 spiro atoms. The average molecular weight is 459 g/mol. The molecule has 0 aliphatic heterocycles. The molecule has 0 fully saturated rings. The van der Waals surface area contributed by atoms with Crippen LogP contribution in [0.4, 0.5) is 25.1 Å². The van der Waals surface area contributed by atoms with Crippen molar-refractivity contribution in [3.05, 3.63) is 48.1 Å². The zero-order chi connectivity index (χ0) is 24.1. The maximum Gasteiger partial charge on any atom is 0.449 e. The number of aryl methyl sites for hydroxylation is 2. The van der Waals surface area contributed by atoms with Gasteiger partial charge in [0, 0.05) is 32.1 Å². The fourth-order valence-corrected chi connectivity index (χ4v) is 3.93. The number of nitrogen functional groups attached to an aromatic ring is 1. The van der Waals surface area contributed by atoms with Gasteiger partial charge in [0.1, 0.15) is 5.82 Å². The molecule has 9 nitrogen and oxygen atoms in total. The number of anilines is 2. The van der Waals surface area contributed by atoms with Crippen LogP contribution in [0.2, 0.25) is 0 Å². The molecule has 0 radical (unpaired) electrons. The Balaban J connectivity index is 1.75. The highest BCUT2D eigenvalue weighted by atomic mass is 19.4. The van der Waals surface area contributed by atoms with E-state index in [0.29, 0.717) is 11.4 Å². The third kappa shape index (κ3) is 4.20. The predicted molar refractivity (Wildman–Crippen MR) is 117 cm³/mol. The fraction of sp³-hybridized carbons (Fsp3) is 0.381. The van der Waals surface area contributed by atoms with Crippen LogP contribution in [0.5, 0.6) is 0 Å². The van der Waals surface area contributed by atoms with Crippen molar-refractivity contribution in [3.63, 3.8) is 0 Å². The normalized spacial score (nSPS) is 13.1. The number of alkyl halides is 3. The molecule has 1 unspecified atom stereocenters. The van der Waals surface area contributed by atoms with Crippen molar-refractivity contribution in [2.45, 2.75) is 33.0 Å². The van der Waals surface area contributed by atoms with E-state index in [0.717, 1.165) is 15.9 Å². The first-order valence-electron chi connectivity index (χ1n) is 10.2. The monoisotopic (exact) mass is 459 g/mol. The first kappa shape index (κ1) is 22.5. The SMILES string of the molecule is Cc1ncc2ccc(-c3nc(N)nc(N(C)C(c4cn(C)c(C(F)(F)F)n4)C(C)C)n3)cn12. The Hall–Kier alpha value is -3.70. The van der Waals surface area contributed by atoms with Gasteiger partial charge in [0.25, 0.3) is 0 Å². The van der Waals surface area contributed by atoms with Gasteiger partial charge in [-0.25, -0.2) is 9.97 Å². The molecule has 12 heteroatoms. The second-order valence-corrected chi connectivity index (χ2v) is 8.23. The van der Waals surface area contributed by atoms with E-state index < -0.39 is 18.0 Å². The summed E-state index contributed by atoms with van der Waals surface area (Å²) in [6.07, 6.45) is 0.438. The highest BCUT2D eigenvalue weighted by Gasteiger charge is 2.38. The molecule has 33 heavy (non-hydrogen) atoms. The van der Waals surface area contributed by atoms with Gasteiger partial charge in [0.15, 0.2) is 5.82 Å². The Morgan fingerprint density at radius 2 is 1.79 bits per heavy atom. The van der Waals surface area contributed by atoms with E-state index in [9.17, 15) is 13.2 Å². The standard InChI is InChI=1S/C21H24F3N9/c1-11(2)16(15-10-31(4)18(27-15)21(22,23)24)32(5)20-29-17(28-19(25)30-20)13-6-7-14-8-26-12(3)33(14)9-13/h6-11,16H,1-5H3,(H2,25,28,29,30). The number of rotatable bonds is 5. The van der Waals surface area contributed by atoms with Gasteiger partial charge >= 0.3 is 6.18 Å². The summed E-state index contributed by atoms with van der Waals surface area (Å²) in [4.78, 5) is 22.9. The molecule has 0 saturated heterocycles. The van der Waals surface area contributed by atoms with Crippen molar-refractivity contribution in [2.75, 3.05) is 17.7 Å². The number of fused-ring (bicyclic) bond motifs is 1. The minimum absolute atomic E-state index is 0.00353. The van der Waals surface area contributed by atoms with Crippen LogP contribution in [0.15, 0.2) is 30.7 Å². The number of nitrogens with zero attached hydrogens (tertiary/aromatic N) is 8. The highest BCUT2D eigenvalue weighted by Crippen LogP contribution is 2.34. The molecular weight excluding hydrogens is 435 g/mol. The summed E-state index contributed by atoms with van der Waals surface area (Å²) >= 11 is 0. The molecule has 1 atom stereocenters. The Bertz CT molecular complexity index is 1310. The number of pyridine rings is 1. The molecule has 0 saturated carbocycles. The summed E-state index contributed by atoms with van der Waals surface area (Å²) in [5.41, 5.74) is 7.87. The van der Waals surface area contributed by atoms with Gasteiger partial charge in [-0.2, -0.15) is 28.1 Å². The molecule has 4 aromatic rings. The minimum atomic E-state index is -4.55. The summed E-state index contributed by atoms with van der Waals surface area (Å²) < 4.78 is 42.8. The molecule has 2 N–H and O–H groups in total. The summed E-state index contributed by atoms with van der Waals surface area (Å²) in [6, 6.07) is 3.21. The number of hydrogen-bond donors (Lipinski definition) is 1. The molecule has 4 rings (SSSR count). The smallest absolute Gasteiger partial charge is 0.368 e. The Morgan fingerprint density at radius 1 is 1.06 bits per heavy atom. The van der Waals surface area contributed by atoms with Crippen molar-refractivity contribution in [3.8, 4) is 11.4 Å². The molecule has 174 valence electrons. The molecule has 0 bridgehead atoms. The first-order chi connectivity index (χ1) is 15.5. The summed E-state index contributed by atoms with van der Waals surface area (Å²) in [5, 5.41) is 0. The summed E-state index contributed by atoms with van der Waals surface area (Å²) in [7, 11) is 3.03. The van der Waals surface area contributed by atoms with Crippen molar-refractivity contribution in [1.29, 1.82) is 0 Å². The van der Waals surface area contributed by atoms with Gasteiger partial charge in [-0.15, -0.1) is 0 Å². The van der Waals surface area contributed by atoms with E-state index in [-0.39, 0.29) is 23.5 Å². The topological polar surface area (TPSA) is 103 Å². The van der Waals surface area contributed by atoms with E-state index in [1.165, 1.54) is 13.2 Å². The van der Waals surface area contributed by atoms with E-state index in [4.69, 9.17) is 5.73 Å². The van der Waals surface area contributed by atoms with Gasteiger partial charge in [-0.3, -0.25) is 0 Å². The molecule has 0 aliphatic carbocycles. The maximum atomic E-state index is 13.3. The number of aromatic nitrogens is 7. The molecule has 4 aromatic heterocycles. The Kier molecular flexibility index (Phi) is 5.46. The number of imidazole rings is 2. The van der Waals surface area contributed by atoms with Gasteiger partial charge in [-0.05, 0) is 25.0 Å². The summed E-state index contributed by atoms with van der Waals surface area (Å²) in [5.74, 6) is 0.330. The number of nitrogens with two attached hydrogens (primary N) is 1. The zero-order valence-corrected chi connectivity index (χ0v) is 18.8. The lowest BCUT2D eigenvalue weighted by atomic mass is 10.0. The molecular formula is C21H24F3N9. The van der Waals surface area contributed by atoms with Crippen LogP contribution in [0.25, 0.3) is 16.9 Å². The first-order valence-corrected chi connectivity index (χ1v) is 10.2. The second kappa shape index (κ2) is 8.01. The molecule has 0 amide bonds. The van der Waals surface area contributed by atoms with Crippen molar-refractivity contribution in [1.82, 2.24) is 33.9 Å². The van der Waals surface area contributed by atoms with Crippen LogP contribution >= 0.6 is 0 Å². The average Bonchev–Trinajstić information content (AvgIpc) is 3.29. The lowest BCUT2D eigenvalue weighted by Crippen LogP contribution is -2.30. The largest absolute Gasteiger partial charge is 0.449 e. The Labute approximate surface area is 188 Å². The lowest BCUT2D eigenvalue weighted by molar-refractivity contribution is -0.146. The second-order valence-electron chi connectivity index (χ2n) is 8.23. The van der Waals surface area contributed by atoms with Crippen LogP contribution in [0.1, 0.15) is 37.2 Å². The van der Waals surface area contributed by atoms with E-state index in [1.807, 2.05) is 43.5 Å². The van der Waals surface area contributed by atoms with Crippen LogP contribution in [-0.4, -0.2) is 40.9 Å². The van der Waals surface area contributed by atoms with Crippen molar-refractivity contribution < 1.29 is 13.2 Å². The predicted octanol–water partition coefficient (Wildman–Crippen LogP) is 3.66. The third-order valence-corrected chi connectivity index (χ3v) is 5.43. The molecule has 4 heterocycles. The minimum Gasteiger partial charge on any atom is -0.368 e. The Morgan fingerprint density at radius 3 is 2.42 bits per heavy atom. The molecule has 0 aromatic carbocycles. The van der Waals surface area contributed by atoms with E-state index >= 15 is 0 Å². The fourth-order valence-electron chi connectivity index (χ4n) is 3.93. The van der Waals surface area contributed by atoms with Crippen LogP contribution < -0.4 is 10.6 Å². The molecule has 0 aliphatic rings. The van der Waals surface area contributed by atoms with Gasteiger partial charge < -0.3 is 19.6 Å². The van der Waals surface area contributed by atoms with Crippen molar-refractivity contribution >= 4 is 17.4 Å². The van der Waals surface area contributed by atoms with E-state index in [2.05, 4.69) is 24.9 Å². The van der Waals surface area contributed by atoms with Gasteiger partial charge in [0.2, 0.25) is 17.7 Å². The quantitative estimate of drug-likeness (QED) is 0.486. The van der Waals surface area contributed by atoms with E-state index in [1.54, 1.807) is 18.1 Å². The van der Waals surface area contributed by atoms with Crippen LogP contribution in [0.3, 0.4) is 0 Å². The van der Waals surface area contributed by atoms with Crippen LogP contribution in [-0.2, 0) is 13.2 Å². The van der Waals surface area contributed by atoms with Gasteiger partial charge in [-0.1, -0.05) is 13.8 Å². The maximum absolute atomic E-state index is 13.3. The lowest BCUT2D eigenvalue weighted by Gasteiger charge is -2.30.